The Hall–Kier alpha value is -4.22. The molecule has 44 heavy (non-hydrogen) atoms. The molecule has 4 bridgehead atoms. The number of sulfonamides is 1. The van der Waals surface area contributed by atoms with Gasteiger partial charge in [-0.05, 0) is 66.7 Å². The lowest BCUT2D eigenvalue weighted by Gasteiger charge is -2.38. The minimum atomic E-state index is -4.17. The molecule has 0 saturated carbocycles. The van der Waals surface area contributed by atoms with Crippen molar-refractivity contribution in [2.45, 2.75) is 58.2 Å². The third-order valence-corrected chi connectivity index (χ3v) is 9.06. The van der Waals surface area contributed by atoms with Gasteiger partial charge in [0.2, 0.25) is 11.8 Å². The minimum Gasteiger partial charge on any atom is -0.475 e. The van der Waals surface area contributed by atoms with Gasteiger partial charge in [-0.15, -0.1) is 0 Å². The number of nitrogens with one attached hydrogen (secondary N) is 1. The first kappa shape index (κ1) is 31.2. The summed E-state index contributed by atoms with van der Waals surface area (Å²) in [6, 6.07) is 13.0. The first-order valence-corrected chi connectivity index (χ1v) is 16.0. The van der Waals surface area contributed by atoms with E-state index in [1.165, 1.54) is 12.1 Å². The zero-order chi connectivity index (χ0) is 31.8. The second-order valence-corrected chi connectivity index (χ2v) is 14.3. The number of allylic oxidation sites excluding steroid dienone is 2. The lowest BCUT2D eigenvalue weighted by Crippen LogP contribution is -2.48. The predicted molar refractivity (Wildman–Crippen MR) is 170 cm³/mol. The van der Waals surface area contributed by atoms with E-state index >= 15 is 0 Å². The summed E-state index contributed by atoms with van der Waals surface area (Å²) < 4.78 is 36.0. The first-order valence-electron chi connectivity index (χ1n) is 14.5. The third kappa shape index (κ3) is 6.79. The molecule has 2 aliphatic heterocycles. The van der Waals surface area contributed by atoms with E-state index in [1.807, 2.05) is 38.1 Å². The SMILES string of the molecule is Cc1cccc(C)c1-c1cc2nc(n1)NS(=O)(=O)c1cccc(c1)C(=O)N(CC1=CC=CN(C)C1O)[C@H](CC(C)(C)C)CO2. The van der Waals surface area contributed by atoms with Crippen molar-refractivity contribution in [1.29, 1.82) is 0 Å². The number of carbonyl (C=O) groups excluding carboxylic acids is 1. The molecule has 5 rings (SSSR count). The number of aliphatic hydroxyl groups is 1. The molecular weight excluding hydrogens is 578 g/mol. The third-order valence-electron chi connectivity index (χ3n) is 7.73. The first-order chi connectivity index (χ1) is 20.7. The number of amides is 1. The van der Waals surface area contributed by atoms with Crippen molar-refractivity contribution < 1.29 is 23.1 Å². The van der Waals surface area contributed by atoms with Crippen LogP contribution in [-0.2, 0) is 10.0 Å². The van der Waals surface area contributed by atoms with Crippen molar-refractivity contribution in [2.75, 3.05) is 24.9 Å². The zero-order valence-corrected chi connectivity index (χ0v) is 26.7. The van der Waals surface area contributed by atoms with Crippen LogP contribution in [0.15, 0.2) is 77.4 Å². The maximum atomic E-state index is 14.3. The fourth-order valence-corrected chi connectivity index (χ4v) is 6.60. The Morgan fingerprint density at radius 3 is 2.48 bits per heavy atom. The van der Waals surface area contributed by atoms with Crippen molar-refractivity contribution in [3.05, 3.63) is 89.1 Å². The largest absolute Gasteiger partial charge is 0.475 e. The zero-order valence-electron chi connectivity index (χ0n) is 25.9. The van der Waals surface area contributed by atoms with Gasteiger partial charge in [-0.1, -0.05) is 51.1 Å². The maximum absolute atomic E-state index is 14.3. The normalized spacial score (nSPS) is 20.1. The molecule has 0 fully saturated rings. The lowest BCUT2D eigenvalue weighted by molar-refractivity contribution is 0.0467. The van der Waals surface area contributed by atoms with Gasteiger partial charge < -0.3 is 19.6 Å². The molecular formula is C33H39N5O5S. The highest BCUT2D eigenvalue weighted by molar-refractivity contribution is 7.92. The van der Waals surface area contributed by atoms with Crippen molar-refractivity contribution in [3.63, 3.8) is 0 Å². The molecule has 3 aromatic rings. The maximum Gasteiger partial charge on any atom is 0.264 e. The van der Waals surface area contributed by atoms with E-state index in [0.717, 1.165) is 16.7 Å². The average Bonchev–Trinajstić information content (AvgIpc) is 2.95. The minimum absolute atomic E-state index is 0.0765. The highest BCUT2D eigenvalue weighted by atomic mass is 32.2. The number of carbonyl (C=O) groups is 1. The Morgan fingerprint density at radius 1 is 1.07 bits per heavy atom. The fourth-order valence-electron chi connectivity index (χ4n) is 5.61. The van der Waals surface area contributed by atoms with E-state index in [-0.39, 0.29) is 46.8 Å². The van der Waals surface area contributed by atoms with E-state index in [2.05, 4.69) is 35.5 Å². The fraction of sp³-hybridized carbons (Fsp3) is 0.364. The van der Waals surface area contributed by atoms with Crippen LogP contribution < -0.4 is 9.46 Å². The monoisotopic (exact) mass is 617 g/mol. The molecule has 3 heterocycles. The van der Waals surface area contributed by atoms with Gasteiger partial charge in [-0.3, -0.25) is 4.79 Å². The summed E-state index contributed by atoms with van der Waals surface area (Å²) in [4.78, 5) is 26.5. The van der Waals surface area contributed by atoms with Gasteiger partial charge in [-0.2, -0.15) is 4.98 Å². The van der Waals surface area contributed by atoms with Crippen LogP contribution in [0.1, 0.15) is 48.7 Å². The molecule has 1 aromatic heterocycles. The molecule has 232 valence electrons. The molecule has 0 aliphatic carbocycles. The smallest absolute Gasteiger partial charge is 0.264 e. The number of aromatic nitrogens is 2. The number of hydrogen-bond acceptors (Lipinski definition) is 8. The van der Waals surface area contributed by atoms with E-state index in [1.54, 1.807) is 47.3 Å². The van der Waals surface area contributed by atoms with Crippen LogP contribution >= 0.6 is 0 Å². The summed E-state index contributed by atoms with van der Waals surface area (Å²) in [5.74, 6) is -0.337. The van der Waals surface area contributed by atoms with Gasteiger partial charge in [0, 0.05) is 37.0 Å². The van der Waals surface area contributed by atoms with E-state index in [9.17, 15) is 18.3 Å². The molecule has 2 atom stereocenters. The highest BCUT2D eigenvalue weighted by Crippen LogP contribution is 2.32. The number of rotatable bonds is 4. The second-order valence-electron chi connectivity index (χ2n) is 12.6. The van der Waals surface area contributed by atoms with Gasteiger partial charge in [0.15, 0.2) is 6.23 Å². The number of ether oxygens (including phenoxy) is 1. The van der Waals surface area contributed by atoms with Gasteiger partial charge in [0.05, 0.1) is 16.6 Å². The Morgan fingerprint density at radius 2 is 1.77 bits per heavy atom. The second kappa shape index (κ2) is 12.0. The molecule has 0 spiro atoms. The Bertz CT molecular complexity index is 1730. The van der Waals surface area contributed by atoms with Crippen LogP contribution in [0.2, 0.25) is 0 Å². The number of fused-ring (bicyclic) bond motifs is 4. The molecule has 11 heteroatoms. The van der Waals surface area contributed by atoms with Crippen LogP contribution in [0.25, 0.3) is 11.3 Å². The molecule has 0 radical (unpaired) electrons. The summed E-state index contributed by atoms with van der Waals surface area (Å²) in [6.07, 6.45) is 5.01. The lowest BCUT2D eigenvalue weighted by atomic mass is 9.87. The van der Waals surface area contributed by atoms with Crippen LogP contribution in [0.3, 0.4) is 0 Å². The van der Waals surface area contributed by atoms with Crippen LogP contribution in [0.5, 0.6) is 5.88 Å². The van der Waals surface area contributed by atoms with E-state index in [4.69, 9.17) is 4.74 Å². The van der Waals surface area contributed by atoms with Crippen molar-refractivity contribution in [3.8, 4) is 17.1 Å². The van der Waals surface area contributed by atoms with Gasteiger partial charge in [0.1, 0.15) is 6.61 Å². The summed E-state index contributed by atoms with van der Waals surface area (Å²) in [6.45, 7) is 10.4. The number of benzene rings is 2. The average molecular weight is 618 g/mol. The van der Waals surface area contributed by atoms with Crippen LogP contribution in [-0.4, -0.2) is 71.7 Å². The molecule has 1 unspecified atom stereocenters. The predicted octanol–water partition coefficient (Wildman–Crippen LogP) is 4.90. The molecule has 2 N–H and O–H groups in total. The van der Waals surface area contributed by atoms with Crippen LogP contribution in [0.4, 0.5) is 5.95 Å². The van der Waals surface area contributed by atoms with E-state index < -0.39 is 22.3 Å². The number of likely N-dealkylation sites (N-methyl/N-ethyl adjacent to an activating group) is 1. The molecule has 10 nitrogen and oxygen atoms in total. The standard InChI is InChI=1S/C33H39N5O5S/c1-21-10-7-11-22(2)29(21)27-17-28-35-32(34-27)36-44(41,42)26-14-8-12-23(16-26)31(40)38(25(20-43-28)18-33(3,4)5)19-24-13-9-15-37(6)30(24)39/h7-17,25,30,39H,18-20H2,1-6H3,(H,34,35,36)/t25-,30?/m1/s1. The summed E-state index contributed by atoms with van der Waals surface area (Å²) in [5.41, 5.74) is 3.92. The van der Waals surface area contributed by atoms with E-state index in [0.29, 0.717) is 17.7 Å². The number of aryl methyl sites for hydroxylation is 2. The number of nitrogens with zero attached hydrogens (tertiary/aromatic N) is 4. The summed E-state index contributed by atoms with van der Waals surface area (Å²) in [5, 5.41) is 10.9. The summed E-state index contributed by atoms with van der Waals surface area (Å²) >= 11 is 0. The topological polar surface area (TPSA) is 125 Å². The van der Waals surface area contributed by atoms with Gasteiger partial charge in [0.25, 0.3) is 15.9 Å². The molecule has 2 aliphatic rings. The van der Waals surface area contributed by atoms with Crippen molar-refractivity contribution in [1.82, 2.24) is 19.8 Å². The van der Waals surface area contributed by atoms with Gasteiger partial charge in [-0.25, -0.2) is 18.1 Å². The molecule has 0 saturated heterocycles. The molecule has 2 aromatic carbocycles. The van der Waals surface area contributed by atoms with Gasteiger partial charge >= 0.3 is 0 Å². The number of hydrogen-bond donors (Lipinski definition) is 2. The molecule has 1 amide bonds. The number of aliphatic hydroxyl groups excluding tert-OH is 1. The number of anilines is 1. The Balaban J connectivity index is 1.67. The quantitative estimate of drug-likeness (QED) is 0.424. The Labute approximate surface area is 259 Å². The van der Waals surface area contributed by atoms with Crippen LogP contribution in [0, 0.1) is 19.3 Å². The highest BCUT2D eigenvalue weighted by Gasteiger charge is 2.33. The van der Waals surface area contributed by atoms with Crippen molar-refractivity contribution >= 4 is 21.9 Å². The van der Waals surface area contributed by atoms with Crippen molar-refractivity contribution in [2.24, 2.45) is 5.41 Å². The Kier molecular flexibility index (Phi) is 8.55. The summed E-state index contributed by atoms with van der Waals surface area (Å²) in [7, 11) is -2.42.